The van der Waals surface area contributed by atoms with Gasteiger partial charge in [0.25, 0.3) is 0 Å². The van der Waals surface area contributed by atoms with Gasteiger partial charge >= 0.3 is 0 Å². The summed E-state index contributed by atoms with van der Waals surface area (Å²) in [5.74, 6) is 3.53. The van der Waals surface area contributed by atoms with Gasteiger partial charge in [0.05, 0.1) is 6.61 Å². The van der Waals surface area contributed by atoms with E-state index in [1.807, 2.05) is 32.0 Å². The maximum absolute atomic E-state index is 6.06. The summed E-state index contributed by atoms with van der Waals surface area (Å²) in [6.07, 6.45) is 10.5. The Morgan fingerprint density at radius 1 is 1.20 bits per heavy atom. The lowest BCUT2D eigenvalue weighted by Gasteiger charge is -2.33. The third-order valence-corrected chi connectivity index (χ3v) is 4.87. The van der Waals surface area contributed by atoms with Gasteiger partial charge < -0.3 is 19.5 Å². The zero-order chi connectivity index (χ0) is 17.5. The number of benzene rings is 1. The van der Waals surface area contributed by atoms with Crippen LogP contribution in [0.25, 0.3) is 0 Å². The number of rotatable bonds is 4. The van der Waals surface area contributed by atoms with Crippen LogP contribution in [-0.4, -0.2) is 26.5 Å². The Morgan fingerprint density at radius 3 is 2.92 bits per heavy atom. The average Bonchev–Trinajstić information content (AvgIpc) is 3.17. The molecular formula is C21H31NO3. The fourth-order valence-corrected chi connectivity index (χ4v) is 3.62. The molecule has 0 radical (unpaired) electrons. The highest BCUT2D eigenvalue weighted by molar-refractivity contribution is 5.46. The molecule has 2 unspecified atom stereocenters. The largest absolute Gasteiger partial charge is 0.493 e. The minimum atomic E-state index is 0. The second-order valence-corrected chi connectivity index (χ2v) is 6.37. The number of piperidine rings is 1. The first kappa shape index (κ1) is 17.9. The van der Waals surface area contributed by atoms with Crippen LogP contribution < -0.4 is 19.5 Å². The molecule has 2 heterocycles. The highest BCUT2D eigenvalue weighted by atomic mass is 16.7. The lowest BCUT2D eigenvalue weighted by molar-refractivity contribution is 0.172. The van der Waals surface area contributed by atoms with E-state index < -0.39 is 0 Å². The first-order valence-electron chi connectivity index (χ1n) is 9.50. The van der Waals surface area contributed by atoms with E-state index in [2.05, 4.69) is 23.5 Å². The van der Waals surface area contributed by atoms with E-state index in [0.29, 0.717) is 18.6 Å². The van der Waals surface area contributed by atoms with Crippen molar-refractivity contribution in [3.63, 3.8) is 0 Å². The van der Waals surface area contributed by atoms with Crippen molar-refractivity contribution in [1.29, 1.82) is 0 Å². The van der Waals surface area contributed by atoms with Gasteiger partial charge in [-0.1, -0.05) is 32.1 Å². The van der Waals surface area contributed by atoms with Crippen molar-refractivity contribution >= 4 is 0 Å². The fourth-order valence-electron chi connectivity index (χ4n) is 3.62. The fraction of sp³-hybridized carbons (Fsp3) is 0.524. The quantitative estimate of drug-likeness (QED) is 0.868. The van der Waals surface area contributed by atoms with Gasteiger partial charge in [-0.15, -0.1) is 0 Å². The molecule has 4 rings (SSSR count). The first-order valence-corrected chi connectivity index (χ1v) is 9.50. The SMILES string of the molecule is C1=CC(C2CCNCC2COc2ccc3c(c2)OCO3)=CCC1.CC.[HH]. The van der Waals surface area contributed by atoms with Crippen LogP contribution in [0.2, 0.25) is 0 Å². The summed E-state index contributed by atoms with van der Waals surface area (Å²) in [6.45, 7) is 7.13. The topological polar surface area (TPSA) is 39.7 Å². The Labute approximate surface area is 152 Å². The molecule has 1 aromatic carbocycles. The first-order chi connectivity index (χ1) is 12.4. The van der Waals surface area contributed by atoms with Crippen LogP contribution in [0, 0.1) is 11.8 Å². The van der Waals surface area contributed by atoms with Crippen molar-refractivity contribution in [1.82, 2.24) is 5.32 Å². The number of allylic oxidation sites excluding steroid dienone is 4. The van der Waals surface area contributed by atoms with Gasteiger partial charge in [0.15, 0.2) is 11.5 Å². The molecule has 1 fully saturated rings. The normalized spacial score (nSPS) is 24.2. The molecule has 1 N–H and O–H groups in total. The van der Waals surface area contributed by atoms with Gasteiger partial charge in [-0.3, -0.25) is 0 Å². The molecule has 1 aliphatic carbocycles. The molecule has 4 heteroatoms. The van der Waals surface area contributed by atoms with Crippen molar-refractivity contribution in [2.45, 2.75) is 33.1 Å². The van der Waals surface area contributed by atoms with E-state index in [0.717, 1.165) is 36.9 Å². The smallest absolute Gasteiger partial charge is 0.231 e. The molecule has 25 heavy (non-hydrogen) atoms. The van der Waals surface area contributed by atoms with E-state index in [1.165, 1.54) is 24.8 Å². The summed E-state index contributed by atoms with van der Waals surface area (Å²) in [4.78, 5) is 0. The van der Waals surface area contributed by atoms with Crippen LogP contribution in [0.1, 0.15) is 34.5 Å². The molecule has 0 bridgehead atoms. The van der Waals surface area contributed by atoms with Gasteiger partial charge in [0, 0.05) is 20.0 Å². The van der Waals surface area contributed by atoms with Crippen molar-refractivity contribution in [2.24, 2.45) is 11.8 Å². The van der Waals surface area contributed by atoms with Crippen LogP contribution >= 0.6 is 0 Å². The lowest BCUT2D eigenvalue weighted by atomic mass is 9.79. The minimum absolute atomic E-state index is 0. The summed E-state index contributed by atoms with van der Waals surface area (Å²) >= 11 is 0. The molecule has 0 amide bonds. The van der Waals surface area contributed by atoms with Crippen LogP contribution in [0.15, 0.2) is 42.0 Å². The van der Waals surface area contributed by atoms with E-state index in [4.69, 9.17) is 14.2 Å². The Bertz CT molecular complexity index is 630. The predicted molar refractivity (Wildman–Crippen MR) is 102 cm³/mol. The Morgan fingerprint density at radius 2 is 2.08 bits per heavy atom. The molecule has 3 aliphatic rings. The monoisotopic (exact) mass is 345 g/mol. The molecule has 2 aliphatic heterocycles. The molecule has 2 atom stereocenters. The number of hydrogen-bond donors (Lipinski definition) is 1. The number of nitrogens with one attached hydrogen (secondary N) is 1. The van der Waals surface area contributed by atoms with Crippen LogP contribution in [0.4, 0.5) is 0 Å². The van der Waals surface area contributed by atoms with Crippen molar-refractivity contribution in [3.05, 3.63) is 42.0 Å². The highest BCUT2D eigenvalue weighted by Gasteiger charge is 2.28. The Balaban J connectivity index is 0.000000784. The minimum Gasteiger partial charge on any atom is -0.493 e. The van der Waals surface area contributed by atoms with Gasteiger partial charge in [-0.25, -0.2) is 0 Å². The maximum atomic E-state index is 6.06. The molecule has 1 saturated heterocycles. The number of hydrogen-bond acceptors (Lipinski definition) is 4. The van der Waals surface area contributed by atoms with Gasteiger partial charge in [-0.05, 0) is 49.4 Å². The van der Waals surface area contributed by atoms with Crippen molar-refractivity contribution in [2.75, 3.05) is 26.5 Å². The van der Waals surface area contributed by atoms with Crippen LogP contribution in [0.5, 0.6) is 17.2 Å². The Kier molecular flexibility index (Phi) is 6.40. The molecule has 0 aromatic heterocycles. The number of fused-ring (bicyclic) bond motifs is 1. The zero-order valence-corrected chi connectivity index (χ0v) is 15.3. The Hall–Kier alpha value is -1.94. The van der Waals surface area contributed by atoms with E-state index >= 15 is 0 Å². The summed E-state index contributed by atoms with van der Waals surface area (Å²) in [6, 6.07) is 5.80. The number of ether oxygens (including phenoxy) is 3. The highest BCUT2D eigenvalue weighted by Crippen LogP contribution is 2.36. The molecular weight excluding hydrogens is 314 g/mol. The second kappa shape index (κ2) is 8.95. The molecule has 4 nitrogen and oxygen atoms in total. The van der Waals surface area contributed by atoms with Crippen LogP contribution in [0.3, 0.4) is 0 Å². The molecule has 0 saturated carbocycles. The summed E-state index contributed by atoms with van der Waals surface area (Å²) in [7, 11) is 0. The lowest BCUT2D eigenvalue weighted by Crippen LogP contribution is -2.40. The van der Waals surface area contributed by atoms with E-state index in [1.54, 1.807) is 0 Å². The molecule has 1 aromatic rings. The van der Waals surface area contributed by atoms with E-state index in [9.17, 15) is 0 Å². The summed E-state index contributed by atoms with van der Waals surface area (Å²) in [5.41, 5.74) is 1.50. The maximum Gasteiger partial charge on any atom is 0.231 e. The molecule has 138 valence electrons. The van der Waals surface area contributed by atoms with E-state index in [-0.39, 0.29) is 1.43 Å². The van der Waals surface area contributed by atoms with Gasteiger partial charge in [0.1, 0.15) is 5.75 Å². The standard InChI is InChI=1S/C19H23NO3.C2H6.H2/c1-2-4-14(5-3-1)17-8-9-20-11-15(17)12-21-16-6-7-18-19(10-16)23-13-22-18;1-2;/h2,4-7,10,15,17,20H,1,3,8-9,11-13H2;1-2H3;1H. The van der Waals surface area contributed by atoms with Gasteiger partial charge in [0.2, 0.25) is 6.79 Å². The van der Waals surface area contributed by atoms with Crippen LogP contribution in [-0.2, 0) is 0 Å². The average molecular weight is 345 g/mol. The zero-order valence-electron chi connectivity index (χ0n) is 15.3. The second-order valence-electron chi connectivity index (χ2n) is 6.37. The predicted octanol–water partition coefficient (Wildman–Crippen LogP) is 4.57. The van der Waals surface area contributed by atoms with Crippen molar-refractivity contribution in [3.8, 4) is 17.2 Å². The molecule has 0 spiro atoms. The van der Waals surface area contributed by atoms with Crippen molar-refractivity contribution < 1.29 is 15.6 Å². The van der Waals surface area contributed by atoms with Gasteiger partial charge in [-0.2, -0.15) is 0 Å². The summed E-state index contributed by atoms with van der Waals surface area (Å²) < 4.78 is 16.8. The third kappa shape index (κ3) is 4.37. The summed E-state index contributed by atoms with van der Waals surface area (Å²) in [5, 5.41) is 3.51. The third-order valence-electron chi connectivity index (χ3n) is 4.87.